The van der Waals surface area contributed by atoms with Crippen molar-refractivity contribution >= 4 is 11.8 Å². The van der Waals surface area contributed by atoms with E-state index in [4.69, 9.17) is 9.72 Å². The van der Waals surface area contributed by atoms with Gasteiger partial charge in [-0.15, -0.1) is 0 Å². The second-order valence-electron chi connectivity index (χ2n) is 10.1. The fourth-order valence-corrected chi connectivity index (χ4v) is 5.53. The number of hydrogen-bond acceptors (Lipinski definition) is 5. The number of benzene rings is 2. The number of carboxylic acid groups (broad SMARTS) is 1. The summed E-state index contributed by atoms with van der Waals surface area (Å²) in [6.07, 6.45) is 13.0. The molecule has 2 aliphatic carbocycles. The van der Waals surface area contributed by atoms with Gasteiger partial charge in [-0.1, -0.05) is 44.2 Å². The molecule has 0 bridgehead atoms. The summed E-state index contributed by atoms with van der Waals surface area (Å²) in [7, 11) is 0. The molecule has 0 radical (unpaired) electrons. The Balaban J connectivity index is 1.32. The number of carbonyl (C=O) groups is 1. The molecule has 0 atom stereocenters. The lowest BCUT2D eigenvalue weighted by Gasteiger charge is -2.30. The first kappa shape index (κ1) is 24.3. The fourth-order valence-electron chi connectivity index (χ4n) is 5.53. The van der Waals surface area contributed by atoms with Crippen LogP contribution in [0.5, 0.6) is 5.75 Å². The van der Waals surface area contributed by atoms with E-state index in [9.17, 15) is 9.90 Å². The molecule has 2 fully saturated rings. The number of ether oxygens (including phenoxy) is 1. The van der Waals surface area contributed by atoms with Gasteiger partial charge in [0.1, 0.15) is 11.6 Å². The van der Waals surface area contributed by atoms with Crippen LogP contribution in [0.3, 0.4) is 0 Å². The van der Waals surface area contributed by atoms with Crippen molar-refractivity contribution in [3.8, 4) is 17.1 Å². The maximum atomic E-state index is 11.5. The number of hydrogen-bond donors (Lipinski definition) is 1. The number of carboxylic acids is 1. The van der Waals surface area contributed by atoms with E-state index in [1.165, 1.54) is 44.9 Å². The van der Waals surface area contributed by atoms with E-state index >= 15 is 0 Å². The molecule has 5 rings (SSSR count). The third-order valence-corrected chi connectivity index (χ3v) is 7.55. The highest BCUT2D eigenvalue weighted by Gasteiger charge is 2.25. The minimum atomic E-state index is -0.903. The van der Waals surface area contributed by atoms with E-state index < -0.39 is 5.97 Å². The van der Waals surface area contributed by atoms with Crippen molar-refractivity contribution in [1.82, 2.24) is 9.97 Å². The first-order valence-electron chi connectivity index (χ1n) is 13.3. The predicted octanol–water partition coefficient (Wildman–Crippen LogP) is 6.75. The van der Waals surface area contributed by atoms with Crippen LogP contribution >= 0.6 is 0 Å². The Bertz CT molecular complexity index is 1150. The largest absolute Gasteiger partial charge is 0.493 e. The lowest BCUT2D eigenvalue weighted by Crippen LogP contribution is -2.33. The van der Waals surface area contributed by atoms with Crippen LogP contribution in [-0.2, 0) is 6.54 Å². The molecule has 36 heavy (non-hydrogen) atoms. The van der Waals surface area contributed by atoms with Crippen LogP contribution < -0.4 is 9.64 Å². The van der Waals surface area contributed by atoms with Crippen molar-refractivity contribution in [3.63, 3.8) is 0 Å². The highest BCUT2D eigenvalue weighted by molar-refractivity contribution is 5.87. The number of nitrogens with zero attached hydrogens (tertiary/aromatic N) is 3. The zero-order chi connectivity index (χ0) is 24.7. The van der Waals surface area contributed by atoms with Crippen molar-refractivity contribution in [2.24, 2.45) is 5.92 Å². The first-order chi connectivity index (χ1) is 17.7. The maximum absolute atomic E-state index is 11.5. The molecule has 0 aliphatic heterocycles. The monoisotopic (exact) mass is 485 g/mol. The third kappa shape index (κ3) is 6.04. The molecule has 1 aromatic heterocycles. The second-order valence-corrected chi connectivity index (χ2v) is 10.1. The van der Waals surface area contributed by atoms with Crippen LogP contribution in [0.25, 0.3) is 11.4 Å². The van der Waals surface area contributed by atoms with Crippen LogP contribution in [0, 0.1) is 5.92 Å². The smallest absolute Gasteiger partial charge is 0.335 e. The van der Waals surface area contributed by atoms with Crippen molar-refractivity contribution < 1.29 is 14.6 Å². The Morgan fingerprint density at radius 2 is 1.69 bits per heavy atom. The van der Waals surface area contributed by atoms with Gasteiger partial charge in [-0.3, -0.25) is 0 Å². The van der Waals surface area contributed by atoms with Crippen LogP contribution in [-0.4, -0.2) is 33.7 Å². The summed E-state index contributed by atoms with van der Waals surface area (Å²) in [6.45, 7) is 1.42. The van der Waals surface area contributed by atoms with Crippen LogP contribution in [0.4, 0.5) is 5.82 Å². The summed E-state index contributed by atoms with van der Waals surface area (Å²) in [5.74, 6) is 2.24. The van der Waals surface area contributed by atoms with Crippen molar-refractivity contribution in [2.45, 2.75) is 70.4 Å². The second kappa shape index (κ2) is 11.5. The van der Waals surface area contributed by atoms with E-state index in [-0.39, 0.29) is 0 Å². The van der Waals surface area contributed by atoms with Gasteiger partial charge in [-0.05, 0) is 79.6 Å². The fraction of sp³-hybridized carbons (Fsp3) is 0.433. The Morgan fingerprint density at radius 1 is 0.944 bits per heavy atom. The summed E-state index contributed by atoms with van der Waals surface area (Å²) in [4.78, 5) is 23.3. The van der Waals surface area contributed by atoms with Gasteiger partial charge in [-0.2, -0.15) is 0 Å². The van der Waals surface area contributed by atoms with E-state index in [2.05, 4.69) is 9.88 Å². The average molecular weight is 486 g/mol. The Kier molecular flexibility index (Phi) is 7.79. The molecule has 1 heterocycles. The number of aromatic nitrogens is 2. The first-order valence-corrected chi connectivity index (χ1v) is 13.3. The molecule has 6 heteroatoms. The van der Waals surface area contributed by atoms with Gasteiger partial charge in [-0.25, -0.2) is 14.8 Å². The Hall–Kier alpha value is -3.41. The molecular formula is C30H35N3O3. The Labute approximate surface area is 213 Å². The van der Waals surface area contributed by atoms with Gasteiger partial charge < -0.3 is 14.7 Å². The van der Waals surface area contributed by atoms with E-state index in [0.29, 0.717) is 29.9 Å². The SMILES string of the molecule is O=C(O)c1cccc(CN(c2ccnc(-c3ccc(OCC4CCCCC4)cc3)n2)C2CCCC2)c1. The van der Waals surface area contributed by atoms with E-state index in [0.717, 1.165) is 42.1 Å². The molecule has 2 aromatic carbocycles. The van der Waals surface area contributed by atoms with Crippen molar-refractivity contribution in [1.29, 1.82) is 0 Å². The average Bonchev–Trinajstić information content (AvgIpc) is 3.46. The minimum absolute atomic E-state index is 0.313. The van der Waals surface area contributed by atoms with Gasteiger partial charge in [0.2, 0.25) is 0 Å². The summed E-state index contributed by atoms with van der Waals surface area (Å²) < 4.78 is 6.07. The lowest BCUT2D eigenvalue weighted by molar-refractivity contribution is 0.0696. The van der Waals surface area contributed by atoms with Gasteiger partial charge in [0.15, 0.2) is 5.82 Å². The minimum Gasteiger partial charge on any atom is -0.493 e. The predicted molar refractivity (Wildman–Crippen MR) is 141 cm³/mol. The molecule has 6 nitrogen and oxygen atoms in total. The van der Waals surface area contributed by atoms with Crippen molar-refractivity contribution in [2.75, 3.05) is 11.5 Å². The quantitative estimate of drug-likeness (QED) is 0.361. The summed E-state index contributed by atoms with van der Waals surface area (Å²) in [5, 5.41) is 9.41. The lowest BCUT2D eigenvalue weighted by atomic mass is 9.90. The molecule has 1 N–H and O–H groups in total. The van der Waals surface area contributed by atoms with Crippen LogP contribution in [0.15, 0.2) is 60.8 Å². The molecule has 2 saturated carbocycles. The zero-order valence-corrected chi connectivity index (χ0v) is 20.8. The van der Waals surface area contributed by atoms with Gasteiger partial charge in [0.05, 0.1) is 12.2 Å². The molecule has 3 aromatic rings. The number of aromatic carboxylic acids is 1. The summed E-state index contributed by atoms with van der Waals surface area (Å²) in [6, 6.07) is 17.6. The van der Waals surface area contributed by atoms with Gasteiger partial charge >= 0.3 is 5.97 Å². The van der Waals surface area contributed by atoms with Gasteiger partial charge in [0.25, 0.3) is 0 Å². The van der Waals surface area contributed by atoms with Gasteiger partial charge in [0, 0.05) is 24.3 Å². The van der Waals surface area contributed by atoms with Crippen LogP contribution in [0.2, 0.25) is 0 Å². The highest BCUT2D eigenvalue weighted by Crippen LogP contribution is 2.30. The molecule has 0 saturated heterocycles. The number of anilines is 1. The topological polar surface area (TPSA) is 75.5 Å². The number of rotatable bonds is 9. The Morgan fingerprint density at radius 3 is 2.44 bits per heavy atom. The van der Waals surface area contributed by atoms with Crippen molar-refractivity contribution in [3.05, 3.63) is 71.9 Å². The highest BCUT2D eigenvalue weighted by atomic mass is 16.5. The molecule has 2 aliphatic rings. The molecule has 0 spiro atoms. The molecule has 188 valence electrons. The standard InChI is InChI=1S/C30H35N3O3/c34-30(35)25-10-6-9-23(19-25)20-33(26-11-4-5-12-26)28-17-18-31-29(32-28)24-13-15-27(16-14-24)36-21-22-7-2-1-3-8-22/h6,9-10,13-19,22,26H,1-5,7-8,11-12,20-21H2,(H,34,35). The maximum Gasteiger partial charge on any atom is 0.335 e. The normalized spacial score (nSPS) is 16.7. The molecule has 0 unspecified atom stereocenters. The van der Waals surface area contributed by atoms with E-state index in [1.807, 2.05) is 48.7 Å². The third-order valence-electron chi connectivity index (χ3n) is 7.55. The van der Waals surface area contributed by atoms with Crippen LogP contribution in [0.1, 0.15) is 73.7 Å². The summed E-state index contributed by atoms with van der Waals surface area (Å²) >= 11 is 0. The summed E-state index contributed by atoms with van der Waals surface area (Å²) in [5.41, 5.74) is 2.25. The molecular weight excluding hydrogens is 450 g/mol. The molecule has 0 amide bonds. The zero-order valence-electron chi connectivity index (χ0n) is 20.8. The van der Waals surface area contributed by atoms with E-state index in [1.54, 1.807) is 12.1 Å².